The second-order valence-electron chi connectivity index (χ2n) is 6.58. The fourth-order valence-electron chi connectivity index (χ4n) is 2.90. The molecule has 4 aromatic rings. The lowest BCUT2D eigenvalue weighted by molar-refractivity contribution is 0.262. The Morgan fingerprint density at radius 2 is 1.80 bits per heavy atom. The van der Waals surface area contributed by atoms with Gasteiger partial charge in [-0.25, -0.2) is 9.78 Å². The minimum atomic E-state index is -0.389. The first kappa shape index (κ1) is 20.5. The number of fused-ring (bicyclic) bond motifs is 1. The molecule has 0 radical (unpaired) electrons. The molecule has 0 bridgehead atoms. The predicted molar refractivity (Wildman–Crippen MR) is 124 cm³/mol. The third-order valence-electron chi connectivity index (χ3n) is 4.27. The van der Waals surface area contributed by atoms with Gasteiger partial charge in [-0.15, -0.1) is 11.3 Å². The summed E-state index contributed by atoms with van der Waals surface area (Å²) in [5.74, 6) is 0.708. The Kier molecular flexibility index (Phi) is 6.08. The lowest BCUT2D eigenvalue weighted by Crippen LogP contribution is -2.20. The van der Waals surface area contributed by atoms with Gasteiger partial charge >= 0.3 is 6.03 Å². The second kappa shape index (κ2) is 8.92. The normalized spacial score (nSPS) is 10.8. The third-order valence-corrected chi connectivity index (χ3v) is 5.71. The highest BCUT2D eigenvalue weighted by Crippen LogP contribution is 2.26. The molecule has 5 nitrogen and oxygen atoms in total. The largest absolute Gasteiger partial charge is 0.486 e. The highest BCUT2D eigenvalue weighted by atomic mass is 35.5. The van der Waals surface area contributed by atoms with Crippen molar-refractivity contribution in [1.82, 2.24) is 4.98 Å². The van der Waals surface area contributed by atoms with Crippen LogP contribution in [0.4, 0.5) is 16.2 Å². The van der Waals surface area contributed by atoms with Crippen LogP contribution in [0.25, 0.3) is 10.2 Å². The number of nitrogens with one attached hydrogen (secondary N) is 2. The summed E-state index contributed by atoms with van der Waals surface area (Å²) in [7, 11) is 0. The smallest absolute Gasteiger partial charge is 0.323 e. The van der Waals surface area contributed by atoms with E-state index in [-0.39, 0.29) is 6.03 Å². The summed E-state index contributed by atoms with van der Waals surface area (Å²) >= 11 is 13.5. The molecule has 0 atom stereocenters. The van der Waals surface area contributed by atoms with Crippen LogP contribution in [-0.2, 0) is 6.61 Å². The molecule has 2 amide bonds. The standard InChI is InChI=1S/C22H17Cl2N3O2S/c1-13-8-17(29-12-21-26-19-4-2-3-5-20(19)30-21)6-7-18(13)27-22(28)25-16-10-14(23)9-15(24)11-16/h2-11H,12H2,1H3,(H2,25,27,28). The van der Waals surface area contributed by atoms with Gasteiger partial charge in [-0.3, -0.25) is 0 Å². The van der Waals surface area contributed by atoms with Crippen LogP contribution in [0.3, 0.4) is 0 Å². The van der Waals surface area contributed by atoms with Gasteiger partial charge in [-0.2, -0.15) is 0 Å². The Labute approximate surface area is 187 Å². The quantitative estimate of drug-likeness (QED) is 0.334. The maximum Gasteiger partial charge on any atom is 0.323 e. The van der Waals surface area contributed by atoms with Crippen LogP contribution in [0.5, 0.6) is 5.75 Å². The van der Waals surface area contributed by atoms with Crippen molar-refractivity contribution in [2.24, 2.45) is 0 Å². The fraction of sp³-hybridized carbons (Fsp3) is 0.0909. The SMILES string of the molecule is Cc1cc(OCc2nc3ccccc3s2)ccc1NC(=O)Nc1cc(Cl)cc(Cl)c1. The molecular formula is C22H17Cl2N3O2S. The van der Waals surface area contributed by atoms with Gasteiger partial charge in [-0.1, -0.05) is 35.3 Å². The zero-order chi connectivity index (χ0) is 21.1. The Bertz CT molecular complexity index is 1170. The Balaban J connectivity index is 1.38. The second-order valence-corrected chi connectivity index (χ2v) is 8.57. The van der Waals surface area contributed by atoms with Crippen LogP contribution in [0, 0.1) is 6.92 Å². The molecular weight excluding hydrogens is 441 g/mol. The molecule has 152 valence electrons. The Morgan fingerprint density at radius 3 is 2.53 bits per heavy atom. The summed E-state index contributed by atoms with van der Waals surface area (Å²) in [5.41, 5.74) is 3.03. The number of ether oxygens (including phenoxy) is 1. The molecule has 0 saturated heterocycles. The third kappa shape index (κ3) is 5.02. The molecule has 0 aliphatic heterocycles. The van der Waals surface area contributed by atoms with E-state index in [4.69, 9.17) is 27.9 Å². The van der Waals surface area contributed by atoms with E-state index < -0.39 is 0 Å². The molecule has 1 heterocycles. The minimum absolute atomic E-state index is 0.389. The van der Waals surface area contributed by atoms with Crippen LogP contribution in [-0.4, -0.2) is 11.0 Å². The van der Waals surface area contributed by atoms with Gasteiger partial charge in [0, 0.05) is 21.4 Å². The number of halogens is 2. The van der Waals surface area contributed by atoms with Gasteiger partial charge in [0.15, 0.2) is 0 Å². The molecule has 2 N–H and O–H groups in total. The van der Waals surface area contributed by atoms with E-state index in [0.717, 1.165) is 20.8 Å². The molecule has 1 aromatic heterocycles. The molecule has 0 unspecified atom stereocenters. The van der Waals surface area contributed by atoms with Crippen molar-refractivity contribution in [3.63, 3.8) is 0 Å². The highest BCUT2D eigenvalue weighted by Gasteiger charge is 2.09. The summed E-state index contributed by atoms with van der Waals surface area (Å²) in [4.78, 5) is 16.9. The average molecular weight is 458 g/mol. The fourth-order valence-corrected chi connectivity index (χ4v) is 4.31. The molecule has 0 fully saturated rings. The number of nitrogens with zero attached hydrogens (tertiary/aromatic N) is 1. The first-order valence-corrected chi connectivity index (χ1v) is 10.7. The van der Waals surface area contributed by atoms with Crippen molar-refractivity contribution in [2.75, 3.05) is 10.6 Å². The van der Waals surface area contributed by atoms with Gasteiger partial charge in [0.25, 0.3) is 0 Å². The topological polar surface area (TPSA) is 63.2 Å². The van der Waals surface area contributed by atoms with E-state index in [1.165, 1.54) is 0 Å². The lowest BCUT2D eigenvalue weighted by Gasteiger charge is -2.12. The summed E-state index contributed by atoms with van der Waals surface area (Å²) in [6.45, 7) is 2.29. The molecule has 30 heavy (non-hydrogen) atoms. The maximum absolute atomic E-state index is 12.3. The van der Waals surface area contributed by atoms with E-state index in [0.29, 0.717) is 33.8 Å². The number of amides is 2. The molecule has 4 rings (SSSR count). The maximum atomic E-state index is 12.3. The number of thiazole rings is 1. The Morgan fingerprint density at radius 1 is 1.03 bits per heavy atom. The van der Waals surface area contributed by atoms with E-state index in [2.05, 4.69) is 15.6 Å². The van der Waals surface area contributed by atoms with Crippen molar-refractivity contribution >= 4 is 62.2 Å². The molecule has 8 heteroatoms. The Hall–Kier alpha value is -2.80. The van der Waals surface area contributed by atoms with Crippen molar-refractivity contribution in [1.29, 1.82) is 0 Å². The van der Waals surface area contributed by atoms with E-state index >= 15 is 0 Å². The molecule has 0 aliphatic rings. The van der Waals surface area contributed by atoms with Gasteiger partial charge in [-0.05, 0) is 61.0 Å². The predicted octanol–water partition coefficient (Wildman–Crippen LogP) is 7.13. The first-order chi connectivity index (χ1) is 14.5. The van der Waals surface area contributed by atoms with Crippen molar-refractivity contribution in [2.45, 2.75) is 13.5 Å². The number of benzene rings is 3. The van der Waals surface area contributed by atoms with Crippen molar-refractivity contribution < 1.29 is 9.53 Å². The summed E-state index contributed by atoms with van der Waals surface area (Å²) in [6.07, 6.45) is 0. The summed E-state index contributed by atoms with van der Waals surface area (Å²) < 4.78 is 7.01. The van der Waals surface area contributed by atoms with Crippen molar-refractivity contribution in [3.05, 3.63) is 81.3 Å². The number of carbonyl (C=O) groups excluding carboxylic acids is 1. The van der Waals surface area contributed by atoms with Gasteiger partial charge < -0.3 is 15.4 Å². The highest BCUT2D eigenvalue weighted by molar-refractivity contribution is 7.18. The number of hydrogen-bond acceptors (Lipinski definition) is 4. The van der Waals surface area contributed by atoms with Crippen LogP contribution >= 0.6 is 34.5 Å². The number of urea groups is 1. The first-order valence-electron chi connectivity index (χ1n) is 9.08. The van der Waals surface area contributed by atoms with E-state index in [9.17, 15) is 4.79 Å². The zero-order valence-corrected chi connectivity index (χ0v) is 18.2. The molecule has 0 saturated carbocycles. The van der Waals surface area contributed by atoms with Crippen molar-refractivity contribution in [3.8, 4) is 5.75 Å². The number of hydrogen-bond donors (Lipinski definition) is 2. The molecule has 3 aromatic carbocycles. The van der Waals surface area contributed by atoms with Gasteiger partial charge in [0.05, 0.1) is 10.2 Å². The van der Waals surface area contributed by atoms with Crippen LogP contribution in [0.2, 0.25) is 10.0 Å². The minimum Gasteiger partial charge on any atom is -0.486 e. The van der Waals surface area contributed by atoms with Gasteiger partial charge in [0.2, 0.25) is 0 Å². The monoisotopic (exact) mass is 457 g/mol. The number of aryl methyl sites for hydroxylation is 1. The lowest BCUT2D eigenvalue weighted by atomic mass is 10.2. The average Bonchev–Trinajstić information content (AvgIpc) is 3.10. The number of carbonyl (C=O) groups is 1. The van der Waals surface area contributed by atoms with Crippen LogP contribution in [0.15, 0.2) is 60.7 Å². The number of anilines is 2. The van der Waals surface area contributed by atoms with Gasteiger partial charge in [0.1, 0.15) is 17.4 Å². The van der Waals surface area contributed by atoms with E-state index in [1.54, 1.807) is 35.6 Å². The van der Waals surface area contributed by atoms with E-state index in [1.807, 2.05) is 43.3 Å². The number of rotatable bonds is 5. The molecule has 0 aliphatic carbocycles. The number of aromatic nitrogens is 1. The summed E-state index contributed by atoms with van der Waals surface area (Å²) in [5, 5.41) is 7.34. The van der Waals surface area contributed by atoms with Crippen LogP contribution < -0.4 is 15.4 Å². The molecule has 0 spiro atoms. The number of para-hydroxylation sites is 1. The summed E-state index contributed by atoms with van der Waals surface area (Å²) in [6, 6.07) is 17.9. The van der Waals surface area contributed by atoms with Crippen LogP contribution in [0.1, 0.15) is 10.6 Å². The zero-order valence-electron chi connectivity index (χ0n) is 15.9.